The van der Waals surface area contributed by atoms with Crippen molar-refractivity contribution in [3.05, 3.63) is 18.2 Å². The molecule has 4 heterocycles. The van der Waals surface area contributed by atoms with Crippen LogP contribution in [0.5, 0.6) is 0 Å². The maximum absolute atomic E-state index is 6.26. The van der Waals surface area contributed by atoms with E-state index in [9.17, 15) is 0 Å². The van der Waals surface area contributed by atoms with Crippen LogP contribution >= 0.6 is 0 Å². The predicted octanol–water partition coefficient (Wildman–Crippen LogP) is 2.80. The van der Waals surface area contributed by atoms with Crippen LogP contribution in [0.3, 0.4) is 0 Å². The standard InChI is InChI=1S/C21H32BN3O2/c1-20(2)21(3,4)27-22(26-20)15-8-9-18-17(13-15)23-19-14-16-7-5-10-24(16)11-6-12-25(18)19/h8-9,13,16,19,23H,5-7,10-12,14H2,1-4H3. The third-order valence-electron chi connectivity index (χ3n) is 7.39. The zero-order valence-electron chi connectivity index (χ0n) is 17.1. The van der Waals surface area contributed by atoms with Gasteiger partial charge >= 0.3 is 7.12 Å². The van der Waals surface area contributed by atoms with E-state index in [4.69, 9.17) is 9.31 Å². The fourth-order valence-electron chi connectivity index (χ4n) is 5.09. The molecule has 3 fully saturated rings. The van der Waals surface area contributed by atoms with Gasteiger partial charge in [0.2, 0.25) is 0 Å². The summed E-state index contributed by atoms with van der Waals surface area (Å²) in [5, 5.41) is 3.81. The number of nitrogens with one attached hydrogen (secondary N) is 1. The van der Waals surface area contributed by atoms with E-state index in [1.54, 1.807) is 0 Å². The average Bonchev–Trinajstić information content (AvgIpc) is 3.21. The fraction of sp³-hybridized carbons (Fsp3) is 0.714. The van der Waals surface area contributed by atoms with E-state index < -0.39 is 0 Å². The normalized spacial score (nSPS) is 31.7. The second kappa shape index (κ2) is 6.13. The van der Waals surface area contributed by atoms with Gasteiger partial charge in [0.1, 0.15) is 6.17 Å². The topological polar surface area (TPSA) is 37.0 Å². The molecule has 4 aliphatic rings. The van der Waals surface area contributed by atoms with E-state index in [0.717, 1.165) is 18.0 Å². The Morgan fingerprint density at radius 1 is 1.04 bits per heavy atom. The Balaban J connectivity index is 1.39. The van der Waals surface area contributed by atoms with E-state index in [1.165, 1.54) is 50.1 Å². The Hall–Kier alpha value is -1.24. The second-order valence-electron chi connectivity index (χ2n) is 9.64. The number of anilines is 2. The molecular formula is C21H32BN3O2. The molecule has 0 saturated carbocycles. The Labute approximate surface area is 163 Å². The monoisotopic (exact) mass is 369 g/mol. The smallest absolute Gasteiger partial charge is 0.399 e. The number of fused-ring (bicyclic) bond motifs is 4. The highest BCUT2D eigenvalue weighted by Gasteiger charge is 2.52. The summed E-state index contributed by atoms with van der Waals surface area (Å²) < 4.78 is 12.5. The highest BCUT2D eigenvalue weighted by molar-refractivity contribution is 6.62. The Morgan fingerprint density at radius 3 is 2.56 bits per heavy atom. The van der Waals surface area contributed by atoms with Gasteiger partial charge in [-0.05, 0) is 71.1 Å². The van der Waals surface area contributed by atoms with Crippen molar-refractivity contribution in [2.24, 2.45) is 0 Å². The first-order valence-electron chi connectivity index (χ1n) is 10.6. The van der Waals surface area contributed by atoms with Gasteiger partial charge in [-0.15, -0.1) is 0 Å². The Morgan fingerprint density at radius 2 is 1.78 bits per heavy atom. The summed E-state index contributed by atoms with van der Waals surface area (Å²) in [6.45, 7) is 12.1. The molecule has 0 radical (unpaired) electrons. The minimum atomic E-state index is -0.302. The van der Waals surface area contributed by atoms with E-state index in [0.29, 0.717) is 6.17 Å². The molecular weight excluding hydrogens is 337 g/mol. The molecule has 0 spiro atoms. The van der Waals surface area contributed by atoms with Gasteiger partial charge in [-0.2, -0.15) is 0 Å². The van der Waals surface area contributed by atoms with Crippen LogP contribution in [0.15, 0.2) is 18.2 Å². The quantitative estimate of drug-likeness (QED) is 0.771. The predicted molar refractivity (Wildman–Crippen MR) is 111 cm³/mol. The van der Waals surface area contributed by atoms with Crippen LogP contribution < -0.4 is 15.7 Å². The first kappa shape index (κ1) is 17.8. The Kier molecular flexibility index (Phi) is 4.05. The van der Waals surface area contributed by atoms with Gasteiger partial charge in [-0.3, -0.25) is 0 Å². The molecule has 2 unspecified atom stereocenters. The lowest BCUT2D eigenvalue weighted by molar-refractivity contribution is 0.00578. The molecule has 146 valence electrons. The van der Waals surface area contributed by atoms with Crippen LogP contribution in [0.2, 0.25) is 0 Å². The van der Waals surface area contributed by atoms with Crippen LogP contribution in [-0.4, -0.2) is 55.1 Å². The van der Waals surface area contributed by atoms with Gasteiger partial charge in [-0.25, -0.2) is 0 Å². The molecule has 1 aromatic rings. The van der Waals surface area contributed by atoms with Gasteiger partial charge in [0.05, 0.1) is 22.6 Å². The summed E-state index contributed by atoms with van der Waals surface area (Å²) in [5.74, 6) is 0. The average molecular weight is 369 g/mol. The summed E-state index contributed by atoms with van der Waals surface area (Å²) >= 11 is 0. The largest absolute Gasteiger partial charge is 0.494 e. The minimum Gasteiger partial charge on any atom is -0.399 e. The second-order valence-corrected chi connectivity index (χ2v) is 9.64. The lowest BCUT2D eigenvalue weighted by atomic mass is 9.79. The van der Waals surface area contributed by atoms with Gasteiger partial charge in [0, 0.05) is 25.6 Å². The van der Waals surface area contributed by atoms with Crippen molar-refractivity contribution in [3.8, 4) is 0 Å². The molecule has 3 saturated heterocycles. The molecule has 1 aromatic carbocycles. The SMILES string of the molecule is CC1(C)OB(c2ccc3c(c2)NC2CC4CCCN4CCCN32)OC1(C)C. The molecule has 5 rings (SSSR count). The van der Waals surface area contributed by atoms with Crippen molar-refractivity contribution >= 4 is 24.0 Å². The molecule has 27 heavy (non-hydrogen) atoms. The third kappa shape index (κ3) is 2.88. The van der Waals surface area contributed by atoms with E-state index in [1.807, 2.05) is 0 Å². The van der Waals surface area contributed by atoms with Gasteiger partial charge in [0.15, 0.2) is 0 Å². The molecule has 0 aliphatic carbocycles. The highest BCUT2D eigenvalue weighted by atomic mass is 16.7. The molecule has 4 aliphatic heterocycles. The van der Waals surface area contributed by atoms with Crippen molar-refractivity contribution in [2.45, 2.75) is 76.8 Å². The maximum atomic E-state index is 6.26. The molecule has 5 nitrogen and oxygen atoms in total. The van der Waals surface area contributed by atoms with Crippen LogP contribution in [0.4, 0.5) is 11.4 Å². The zero-order chi connectivity index (χ0) is 18.8. The summed E-state index contributed by atoms with van der Waals surface area (Å²) in [4.78, 5) is 5.29. The minimum absolute atomic E-state index is 0.296. The van der Waals surface area contributed by atoms with Crippen molar-refractivity contribution in [3.63, 3.8) is 0 Å². The summed E-state index contributed by atoms with van der Waals surface area (Å²) in [7, 11) is -0.296. The van der Waals surface area contributed by atoms with Crippen molar-refractivity contribution in [1.29, 1.82) is 0 Å². The van der Waals surface area contributed by atoms with Crippen LogP contribution in [-0.2, 0) is 9.31 Å². The van der Waals surface area contributed by atoms with Crippen molar-refractivity contribution in [1.82, 2.24) is 4.90 Å². The zero-order valence-corrected chi connectivity index (χ0v) is 17.1. The number of rotatable bonds is 1. The summed E-state index contributed by atoms with van der Waals surface area (Å²) in [6.07, 6.45) is 5.57. The van der Waals surface area contributed by atoms with Crippen LogP contribution in [0, 0.1) is 0 Å². The van der Waals surface area contributed by atoms with Crippen LogP contribution in [0.25, 0.3) is 0 Å². The van der Waals surface area contributed by atoms with E-state index in [-0.39, 0.29) is 18.3 Å². The molecule has 2 atom stereocenters. The number of nitrogens with zero attached hydrogens (tertiary/aromatic N) is 2. The number of hydrogen-bond acceptors (Lipinski definition) is 5. The van der Waals surface area contributed by atoms with Gasteiger partial charge in [0.25, 0.3) is 0 Å². The van der Waals surface area contributed by atoms with Crippen LogP contribution in [0.1, 0.15) is 53.4 Å². The first-order chi connectivity index (χ1) is 12.8. The van der Waals surface area contributed by atoms with E-state index in [2.05, 4.69) is 61.0 Å². The Bertz CT molecular complexity index is 722. The van der Waals surface area contributed by atoms with Gasteiger partial charge < -0.3 is 24.4 Å². The third-order valence-corrected chi connectivity index (χ3v) is 7.39. The van der Waals surface area contributed by atoms with Gasteiger partial charge in [-0.1, -0.05) is 6.07 Å². The van der Waals surface area contributed by atoms with Crippen molar-refractivity contribution in [2.75, 3.05) is 29.9 Å². The first-order valence-corrected chi connectivity index (χ1v) is 10.6. The molecule has 1 N–H and O–H groups in total. The molecule has 0 aromatic heterocycles. The number of benzene rings is 1. The lowest BCUT2D eigenvalue weighted by Gasteiger charge is -2.35. The van der Waals surface area contributed by atoms with Crippen molar-refractivity contribution < 1.29 is 9.31 Å². The summed E-state index contributed by atoms with van der Waals surface area (Å²) in [5.41, 5.74) is 3.08. The maximum Gasteiger partial charge on any atom is 0.494 e. The molecule has 6 heteroatoms. The summed E-state index contributed by atoms with van der Waals surface area (Å²) in [6, 6.07) is 7.43. The molecule has 0 bridgehead atoms. The van der Waals surface area contributed by atoms with E-state index >= 15 is 0 Å². The fourth-order valence-corrected chi connectivity index (χ4v) is 5.09. The number of hydrogen-bond donors (Lipinski definition) is 1. The molecule has 0 amide bonds. The highest BCUT2D eigenvalue weighted by Crippen LogP contribution is 2.40. The lowest BCUT2D eigenvalue weighted by Crippen LogP contribution is -2.46.